The average molecular weight is 224 g/mol. The maximum absolute atomic E-state index is 9.70. The molecule has 1 heterocycles. The first-order valence-electron chi connectivity index (χ1n) is 4.33. The standard InChI is InChI=1S/C8H16O5S/c1-12-8-6(11)7(14-2)5(10)4(3-9)13-8/h4-11H,3H2,1-2H3. The minimum absolute atomic E-state index is 0.287. The fourth-order valence-corrected chi connectivity index (χ4v) is 2.39. The van der Waals surface area contributed by atoms with Crippen molar-refractivity contribution in [3.8, 4) is 0 Å². The summed E-state index contributed by atoms with van der Waals surface area (Å²) in [6.45, 7) is -0.287. The van der Waals surface area contributed by atoms with Crippen molar-refractivity contribution in [2.45, 2.75) is 29.9 Å². The zero-order valence-electron chi connectivity index (χ0n) is 8.16. The number of methoxy groups -OCH3 is 1. The van der Waals surface area contributed by atoms with Crippen molar-refractivity contribution in [3.05, 3.63) is 0 Å². The van der Waals surface area contributed by atoms with E-state index in [1.54, 1.807) is 6.26 Å². The maximum Gasteiger partial charge on any atom is 0.184 e. The van der Waals surface area contributed by atoms with E-state index in [-0.39, 0.29) is 6.61 Å². The van der Waals surface area contributed by atoms with Gasteiger partial charge in [-0.25, -0.2) is 0 Å². The molecule has 0 radical (unpaired) electrons. The Morgan fingerprint density at radius 1 is 1.36 bits per heavy atom. The summed E-state index contributed by atoms with van der Waals surface area (Å²) >= 11 is 1.33. The van der Waals surface area contributed by atoms with E-state index in [2.05, 4.69) is 0 Å². The van der Waals surface area contributed by atoms with Gasteiger partial charge in [-0.1, -0.05) is 0 Å². The van der Waals surface area contributed by atoms with Crippen molar-refractivity contribution < 1.29 is 24.8 Å². The Labute approximate surface area is 87.0 Å². The number of ether oxygens (including phenoxy) is 2. The summed E-state index contributed by atoms with van der Waals surface area (Å²) in [4.78, 5) is 0. The SMILES string of the molecule is COC1OC(CO)C(O)C(SC)C1O. The van der Waals surface area contributed by atoms with Crippen LogP contribution in [0.25, 0.3) is 0 Å². The van der Waals surface area contributed by atoms with Gasteiger partial charge in [0, 0.05) is 7.11 Å². The van der Waals surface area contributed by atoms with Crippen LogP contribution in [0.1, 0.15) is 0 Å². The number of aliphatic hydroxyl groups excluding tert-OH is 3. The van der Waals surface area contributed by atoms with Gasteiger partial charge in [-0.2, -0.15) is 11.8 Å². The van der Waals surface area contributed by atoms with Gasteiger partial charge in [0.2, 0.25) is 0 Å². The minimum atomic E-state index is -0.882. The van der Waals surface area contributed by atoms with Gasteiger partial charge in [0.15, 0.2) is 6.29 Å². The fourth-order valence-electron chi connectivity index (χ4n) is 1.53. The van der Waals surface area contributed by atoms with Crippen molar-refractivity contribution in [3.63, 3.8) is 0 Å². The van der Waals surface area contributed by atoms with Gasteiger partial charge in [0.1, 0.15) is 12.2 Å². The molecule has 0 saturated carbocycles. The third-order valence-electron chi connectivity index (χ3n) is 2.33. The van der Waals surface area contributed by atoms with Crippen LogP contribution in [0.15, 0.2) is 0 Å². The van der Waals surface area contributed by atoms with Gasteiger partial charge in [0.25, 0.3) is 0 Å². The molecule has 0 bridgehead atoms. The lowest BCUT2D eigenvalue weighted by molar-refractivity contribution is -0.258. The monoisotopic (exact) mass is 224 g/mol. The van der Waals surface area contributed by atoms with Gasteiger partial charge in [-0.05, 0) is 6.26 Å². The van der Waals surface area contributed by atoms with Crippen molar-refractivity contribution in [1.82, 2.24) is 0 Å². The maximum atomic E-state index is 9.70. The minimum Gasteiger partial charge on any atom is -0.394 e. The van der Waals surface area contributed by atoms with Gasteiger partial charge >= 0.3 is 0 Å². The zero-order chi connectivity index (χ0) is 10.7. The van der Waals surface area contributed by atoms with E-state index < -0.39 is 29.9 Å². The molecule has 6 heteroatoms. The second-order valence-electron chi connectivity index (χ2n) is 3.14. The van der Waals surface area contributed by atoms with Gasteiger partial charge in [0.05, 0.1) is 18.0 Å². The van der Waals surface area contributed by atoms with E-state index in [1.807, 2.05) is 0 Å². The van der Waals surface area contributed by atoms with Crippen LogP contribution in [0.3, 0.4) is 0 Å². The van der Waals surface area contributed by atoms with Gasteiger partial charge in [-0.15, -0.1) is 0 Å². The topological polar surface area (TPSA) is 79.2 Å². The highest BCUT2D eigenvalue weighted by molar-refractivity contribution is 7.99. The molecule has 1 saturated heterocycles. The summed E-state index contributed by atoms with van der Waals surface area (Å²) in [6.07, 6.45) is -1.46. The number of aliphatic hydroxyl groups is 3. The average Bonchev–Trinajstić information content (AvgIpc) is 2.19. The lowest BCUT2D eigenvalue weighted by Crippen LogP contribution is -2.57. The highest BCUT2D eigenvalue weighted by Crippen LogP contribution is 2.28. The van der Waals surface area contributed by atoms with Gasteiger partial charge < -0.3 is 24.8 Å². The second-order valence-corrected chi connectivity index (χ2v) is 4.16. The molecule has 1 rings (SSSR count). The van der Waals surface area contributed by atoms with E-state index in [0.717, 1.165) is 0 Å². The van der Waals surface area contributed by atoms with E-state index in [0.29, 0.717) is 0 Å². The smallest absolute Gasteiger partial charge is 0.184 e. The molecular weight excluding hydrogens is 208 g/mol. The Kier molecular flexibility index (Phi) is 4.62. The summed E-state index contributed by atoms with van der Waals surface area (Å²) in [6, 6.07) is 0. The molecule has 1 aliphatic heterocycles. The lowest BCUT2D eigenvalue weighted by atomic mass is 10.0. The van der Waals surface area contributed by atoms with Crippen LogP contribution in [0.2, 0.25) is 0 Å². The predicted octanol–water partition coefficient (Wildman–Crippen LogP) is -1.20. The molecule has 84 valence electrons. The first-order chi connectivity index (χ1) is 6.65. The number of hydrogen-bond donors (Lipinski definition) is 3. The molecule has 5 unspecified atom stereocenters. The Morgan fingerprint density at radius 3 is 2.43 bits per heavy atom. The van der Waals surface area contributed by atoms with Crippen molar-refractivity contribution in [2.75, 3.05) is 20.0 Å². The molecule has 0 spiro atoms. The predicted molar refractivity (Wildman–Crippen MR) is 52.1 cm³/mol. The van der Waals surface area contributed by atoms with Gasteiger partial charge in [-0.3, -0.25) is 0 Å². The largest absolute Gasteiger partial charge is 0.394 e. The zero-order valence-corrected chi connectivity index (χ0v) is 8.98. The Hall–Kier alpha value is 0.150. The van der Waals surface area contributed by atoms with Crippen LogP contribution in [-0.2, 0) is 9.47 Å². The Balaban J connectivity index is 2.72. The molecule has 0 aromatic rings. The molecule has 3 N–H and O–H groups in total. The van der Waals surface area contributed by atoms with Crippen molar-refractivity contribution >= 4 is 11.8 Å². The molecule has 5 nitrogen and oxygen atoms in total. The Bertz CT molecular complexity index is 163. The molecule has 5 atom stereocenters. The molecule has 14 heavy (non-hydrogen) atoms. The summed E-state index contributed by atoms with van der Waals surface area (Å²) in [7, 11) is 1.41. The lowest BCUT2D eigenvalue weighted by Gasteiger charge is -2.40. The number of hydrogen-bond acceptors (Lipinski definition) is 6. The highest BCUT2D eigenvalue weighted by Gasteiger charge is 2.43. The summed E-state index contributed by atoms with van der Waals surface area (Å²) in [5.41, 5.74) is 0. The highest BCUT2D eigenvalue weighted by atomic mass is 32.2. The molecule has 1 aliphatic rings. The fraction of sp³-hybridized carbons (Fsp3) is 1.00. The van der Waals surface area contributed by atoms with Crippen LogP contribution in [-0.4, -0.2) is 65.1 Å². The van der Waals surface area contributed by atoms with E-state index in [4.69, 9.17) is 14.6 Å². The molecule has 0 aromatic carbocycles. The molecule has 1 fully saturated rings. The van der Waals surface area contributed by atoms with E-state index >= 15 is 0 Å². The van der Waals surface area contributed by atoms with Crippen LogP contribution in [0.5, 0.6) is 0 Å². The van der Waals surface area contributed by atoms with Crippen LogP contribution in [0, 0.1) is 0 Å². The van der Waals surface area contributed by atoms with E-state index in [9.17, 15) is 10.2 Å². The van der Waals surface area contributed by atoms with Crippen LogP contribution >= 0.6 is 11.8 Å². The summed E-state index contributed by atoms with van der Waals surface area (Å²) < 4.78 is 10.1. The quantitative estimate of drug-likeness (QED) is 0.559. The molecule has 0 aliphatic carbocycles. The first kappa shape index (κ1) is 12.2. The summed E-state index contributed by atoms with van der Waals surface area (Å²) in [5.74, 6) is 0. The van der Waals surface area contributed by atoms with Crippen LogP contribution < -0.4 is 0 Å². The number of thioether (sulfide) groups is 1. The van der Waals surface area contributed by atoms with Crippen molar-refractivity contribution in [2.24, 2.45) is 0 Å². The first-order valence-corrected chi connectivity index (χ1v) is 5.62. The number of rotatable bonds is 3. The third-order valence-corrected chi connectivity index (χ3v) is 3.43. The molecule has 0 amide bonds. The second kappa shape index (κ2) is 5.29. The Morgan fingerprint density at radius 2 is 2.00 bits per heavy atom. The normalized spacial score (nSPS) is 43.9. The molecular formula is C8H16O5S. The molecule has 0 aromatic heterocycles. The van der Waals surface area contributed by atoms with Crippen LogP contribution in [0.4, 0.5) is 0 Å². The van der Waals surface area contributed by atoms with E-state index in [1.165, 1.54) is 18.9 Å². The van der Waals surface area contributed by atoms with Crippen molar-refractivity contribution in [1.29, 1.82) is 0 Å². The summed E-state index contributed by atoms with van der Waals surface area (Å²) in [5, 5.41) is 27.9. The third kappa shape index (κ3) is 2.21.